The fraction of sp³-hybridized carbons (Fsp3) is 0.174. The summed E-state index contributed by atoms with van der Waals surface area (Å²) in [5.41, 5.74) is 2.44. The fourth-order valence-corrected chi connectivity index (χ4v) is 3.98. The van der Waals surface area contributed by atoms with Gasteiger partial charge in [0.15, 0.2) is 11.5 Å². The zero-order chi connectivity index (χ0) is 22.4. The molecule has 0 bridgehead atoms. The van der Waals surface area contributed by atoms with E-state index in [4.69, 9.17) is 9.47 Å². The molecule has 0 spiro atoms. The van der Waals surface area contributed by atoms with Crippen LogP contribution in [0.1, 0.15) is 21.5 Å². The maximum Gasteiger partial charge on any atom is 0.261 e. The van der Waals surface area contributed by atoms with Gasteiger partial charge in [-0.15, -0.1) is 0 Å². The van der Waals surface area contributed by atoms with Gasteiger partial charge >= 0.3 is 0 Å². The molecule has 7 nitrogen and oxygen atoms in total. The van der Waals surface area contributed by atoms with Crippen molar-refractivity contribution in [3.05, 3.63) is 83.4 Å². The first kappa shape index (κ1) is 22.2. The van der Waals surface area contributed by atoms with Gasteiger partial charge in [-0.05, 0) is 55.0 Å². The van der Waals surface area contributed by atoms with Gasteiger partial charge in [0.05, 0.1) is 19.1 Å². The molecule has 3 rings (SSSR count). The van der Waals surface area contributed by atoms with Gasteiger partial charge in [0, 0.05) is 17.8 Å². The van der Waals surface area contributed by atoms with Crippen LogP contribution < -0.4 is 19.5 Å². The third kappa shape index (κ3) is 5.55. The Morgan fingerprint density at radius 1 is 0.903 bits per heavy atom. The summed E-state index contributed by atoms with van der Waals surface area (Å²) in [6, 6.07) is 18.2. The van der Waals surface area contributed by atoms with Crippen LogP contribution in [-0.4, -0.2) is 28.5 Å². The van der Waals surface area contributed by atoms with Crippen molar-refractivity contribution in [1.82, 2.24) is 5.32 Å². The zero-order valence-electron chi connectivity index (χ0n) is 17.5. The Morgan fingerprint density at radius 2 is 1.61 bits per heavy atom. The molecular weight excluding hydrogens is 416 g/mol. The van der Waals surface area contributed by atoms with Crippen molar-refractivity contribution >= 4 is 21.6 Å². The lowest BCUT2D eigenvalue weighted by molar-refractivity contribution is 0.0951. The lowest BCUT2D eigenvalue weighted by Gasteiger charge is -2.11. The highest BCUT2D eigenvalue weighted by Crippen LogP contribution is 2.27. The van der Waals surface area contributed by atoms with E-state index in [1.54, 1.807) is 56.7 Å². The number of amides is 1. The van der Waals surface area contributed by atoms with Crippen LogP contribution in [0.25, 0.3) is 0 Å². The number of hydrogen-bond donors (Lipinski definition) is 2. The normalized spacial score (nSPS) is 10.9. The Labute approximate surface area is 182 Å². The number of sulfonamides is 1. The molecule has 162 valence electrons. The molecule has 0 radical (unpaired) electrons. The predicted molar refractivity (Wildman–Crippen MR) is 119 cm³/mol. The number of benzene rings is 3. The number of nitrogens with one attached hydrogen (secondary N) is 2. The summed E-state index contributed by atoms with van der Waals surface area (Å²) in [5.74, 6) is 0.846. The molecule has 0 fully saturated rings. The minimum absolute atomic E-state index is 0.154. The lowest BCUT2D eigenvalue weighted by atomic mass is 10.1. The SMILES string of the molecule is COc1ccc(CNC(=O)c2cccc(NS(=O)(=O)c3ccc(C)cc3)c2)cc1OC. The Hall–Kier alpha value is -3.52. The highest BCUT2D eigenvalue weighted by atomic mass is 32.2. The lowest BCUT2D eigenvalue weighted by Crippen LogP contribution is -2.23. The van der Waals surface area contributed by atoms with E-state index in [9.17, 15) is 13.2 Å². The summed E-state index contributed by atoms with van der Waals surface area (Å²) in [4.78, 5) is 12.7. The molecule has 0 aliphatic rings. The molecule has 2 N–H and O–H groups in total. The fourth-order valence-electron chi connectivity index (χ4n) is 2.93. The van der Waals surface area contributed by atoms with Crippen LogP contribution in [-0.2, 0) is 16.6 Å². The minimum Gasteiger partial charge on any atom is -0.493 e. The van der Waals surface area contributed by atoms with E-state index < -0.39 is 10.0 Å². The highest BCUT2D eigenvalue weighted by molar-refractivity contribution is 7.92. The van der Waals surface area contributed by atoms with Gasteiger partial charge in [-0.1, -0.05) is 29.8 Å². The summed E-state index contributed by atoms with van der Waals surface area (Å²) in [5, 5.41) is 2.82. The first-order valence-corrected chi connectivity index (χ1v) is 11.0. The monoisotopic (exact) mass is 440 g/mol. The zero-order valence-corrected chi connectivity index (χ0v) is 18.3. The van der Waals surface area contributed by atoms with E-state index in [-0.39, 0.29) is 17.3 Å². The quantitative estimate of drug-likeness (QED) is 0.557. The van der Waals surface area contributed by atoms with Gasteiger partial charge in [-0.2, -0.15) is 0 Å². The third-order valence-electron chi connectivity index (χ3n) is 4.61. The number of rotatable bonds is 8. The molecule has 31 heavy (non-hydrogen) atoms. The van der Waals surface area contributed by atoms with Gasteiger partial charge in [-0.3, -0.25) is 9.52 Å². The highest BCUT2D eigenvalue weighted by Gasteiger charge is 2.15. The first-order valence-electron chi connectivity index (χ1n) is 9.51. The van der Waals surface area contributed by atoms with E-state index in [1.165, 1.54) is 18.2 Å². The Kier molecular flexibility index (Phi) is 6.81. The average Bonchev–Trinajstić information content (AvgIpc) is 2.77. The maximum atomic E-state index is 12.6. The molecule has 3 aromatic carbocycles. The number of aryl methyl sites for hydroxylation is 1. The third-order valence-corrected chi connectivity index (χ3v) is 6.01. The number of hydrogen-bond acceptors (Lipinski definition) is 5. The van der Waals surface area contributed by atoms with Gasteiger partial charge in [-0.25, -0.2) is 8.42 Å². The van der Waals surface area contributed by atoms with Crippen molar-refractivity contribution in [3.8, 4) is 11.5 Å². The molecule has 0 heterocycles. The largest absolute Gasteiger partial charge is 0.493 e. The average molecular weight is 441 g/mol. The second-order valence-electron chi connectivity index (χ2n) is 6.87. The summed E-state index contributed by atoms with van der Waals surface area (Å²) in [7, 11) is -0.650. The topological polar surface area (TPSA) is 93.7 Å². The molecule has 0 saturated heterocycles. The van der Waals surface area contributed by atoms with Crippen LogP contribution in [0.15, 0.2) is 71.6 Å². The molecule has 8 heteroatoms. The van der Waals surface area contributed by atoms with E-state index in [0.717, 1.165) is 11.1 Å². The number of carbonyl (C=O) groups is 1. The van der Waals surface area contributed by atoms with Crippen LogP contribution in [0.3, 0.4) is 0 Å². The number of methoxy groups -OCH3 is 2. The molecule has 0 aliphatic heterocycles. The Balaban J connectivity index is 1.69. The van der Waals surface area contributed by atoms with Crippen molar-refractivity contribution in [3.63, 3.8) is 0 Å². The van der Waals surface area contributed by atoms with Crippen LogP contribution in [0.5, 0.6) is 11.5 Å². The minimum atomic E-state index is -3.75. The summed E-state index contributed by atoms with van der Waals surface area (Å²) in [6.07, 6.45) is 0. The molecule has 0 aliphatic carbocycles. The second-order valence-corrected chi connectivity index (χ2v) is 8.55. The molecule has 0 aromatic heterocycles. The van der Waals surface area contributed by atoms with Crippen molar-refractivity contribution in [2.45, 2.75) is 18.4 Å². The summed E-state index contributed by atoms with van der Waals surface area (Å²) >= 11 is 0. The van der Waals surface area contributed by atoms with Gasteiger partial charge < -0.3 is 14.8 Å². The van der Waals surface area contributed by atoms with E-state index in [0.29, 0.717) is 22.7 Å². The van der Waals surface area contributed by atoms with E-state index >= 15 is 0 Å². The first-order chi connectivity index (χ1) is 14.8. The Morgan fingerprint density at radius 3 is 2.29 bits per heavy atom. The number of ether oxygens (including phenoxy) is 2. The molecule has 3 aromatic rings. The Bertz CT molecular complexity index is 1170. The maximum absolute atomic E-state index is 12.6. The molecule has 0 unspecified atom stereocenters. The van der Waals surface area contributed by atoms with Gasteiger partial charge in [0.1, 0.15) is 0 Å². The second kappa shape index (κ2) is 9.53. The van der Waals surface area contributed by atoms with Crippen molar-refractivity contribution in [2.75, 3.05) is 18.9 Å². The molecule has 0 saturated carbocycles. The smallest absolute Gasteiger partial charge is 0.261 e. The summed E-state index contributed by atoms with van der Waals surface area (Å²) in [6.45, 7) is 2.16. The molecular formula is C23H24N2O5S. The van der Waals surface area contributed by atoms with E-state index in [1.807, 2.05) is 13.0 Å². The van der Waals surface area contributed by atoms with Crippen molar-refractivity contribution < 1.29 is 22.7 Å². The van der Waals surface area contributed by atoms with Crippen LogP contribution in [0.4, 0.5) is 5.69 Å². The standard InChI is InChI=1S/C23H24N2O5S/c1-16-7-10-20(11-8-16)31(27,28)25-19-6-4-5-18(14-19)23(26)24-15-17-9-12-21(29-2)22(13-17)30-3/h4-14,25H,15H2,1-3H3,(H,24,26). The summed E-state index contributed by atoms with van der Waals surface area (Å²) < 4.78 is 38.2. The predicted octanol–water partition coefficient (Wildman–Crippen LogP) is 3.74. The number of carbonyl (C=O) groups excluding carboxylic acids is 1. The van der Waals surface area contributed by atoms with E-state index in [2.05, 4.69) is 10.0 Å². The van der Waals surface area contributed by atoms with Crippen LogP contribution in [0.2, 0.25) is 0 Å². The molecule has 1 amide bonds. The van der Waals surface area contributed by atoms with Gasteiger partial charge in [0.2, 0.25) is 0 Å². The van der Waals surface area contributed by atoms with Crippen LogP contribution >= 0.6 is 0 Å². The van der Waals surface area contributed by atoms with Crippen molar-refractivity contribution in [2.24, 2.45) is 0 Å². The number of anilines is 1. The van der Waals surface area contributed by atoms with Crippen LogP contribution in [0, 0.1) is 6.92 Å². The van der Waals surface area contributed by atoms with Crippen molar-refractivity contribution in [1.29, 1.82) is 0 Å². The molecule has 0 atom stereocenters. The van der Waals surface area contributed by atoms with Gasteiger partial charge in [0.25, 0.3) is 15.9 Å².